The molecule has 0 radical (unpaired) electrons. The van der Waals surface area contributed by atoms with Gasteiger partial charge in [0.05, 0.1) is 7.11 Å². The Morgan fingerprint density at radius 1 is 1.22 bits per heavy atom. The van der Waals surface area contributed by atoms with Gasteiger partial charge in [0.2, 0.25) is 0 Å². The third-order valence-corrected chi connectivity index (χ3v) is 3.93. The Balaban J connectivity index is 1.64. The van der Waals surface area contributed by atoms with Crippen molar-refractivity contribution in [3.8, 4) is 5.75 Å². The van der Waals surface area contributed by atoms with Crippen LogP contribution in [-0.4, -0.2) is 24.5 Å². The lowest BCUT2D eigenvalue weighted by Crippen LogP contribution is -2.25. The third kappa shape index (κ3) is 3.37. The number of benzene rings is 2. The van der Waals surface area contributed by atoms with Crippen molar-refractivity contribution in [2.24, 2.45) is 0 Å². The summed E-state index contributed by atoms with van der Waals surface area (Å²) in [5.41, 5.74) is 4.02. The van der Waals surface area contributed by atoms with Crippen LogP contribution >= 0.6 is 0 Å². The molecule has 0 atom stereocenters. The van der Waals surface area contributed by atoms with Crippen LogP contribution in [0.25, 0.3) is 10.9 Å². The Morgan fingerprint density at radius 3 is 2.87 bits per heavy atom. The number of methoxy groups -OCH3 is 1. The molecule has 1 heterocycles. The van der Waals surface area contributed by atoms with Crippen LogP contribution in [0.3, 0.4) is 0 Å². The Hall–Kier alpha value is -2.75. The maximum Gasteiger partial charge on any atom is 0.251 e. The van der Waals surface area contributed by atoms with E-state index in [4.69, 9.17) is 4.74 Å². The molecule has 0 fully saturated rings. The van der Waals surface area contributed by atoms with Gasteiger partial charge in [-0.1, -0.05) is 17.7 Å². The quantitative estimate of drug-likeness (QED) is 0.758. The van der Waals surface area contributed by atoms with Gasteiger partial charge in [-0.05, 0) is 43.2 Å². The Morgan fingerprint density at radius 2 is 2.09 bits per heavy atom. The first-order valence-electron chi connectivity index (χ1n) is 7.66. The molecular formula is C19H20N2O2. The topological polar surface area (TPSA) is 54.1 Å². The summed E-state index contributed by atoms with van der Waals surface area (Å²) in [6, 6.07) is 13.6. The van der Waals surface area contributed by atoms with E-state index in [-0.39, 0.29) is 5.91 Å². The van der Waals surface area contributed by atoms with Crippen molar-refractivity contribution < 1.29 is 9.53 Å². The fraction of sp³-hybridized carbons (Fsp3) is 0.211. The lowest BCUT2D eigenvalue weighted by Gasteiger charge is -2.06. The predicted molar refractivity (Wildman–Crippen MR) is 92.1 cm³/mol. The molecule has 2 N–H and O–H groups in total. The molecule has 23 heavy (non-hydrogen) atoms. The average Bonchev–Trinajstić information content (AvgIpc) is 2.97. The van der Waals surface area contributed by atoms with Crippen molar-refractivity contribution >= 4 is 16.8 Å². The summed E-state index contributed by atoms with van der Waals surface area (Å²) in [7, 11) is 1.66. The van der Waals surface area contributed by atoms with Crippen LogP contribution < -0.4 is 10.1 Å². The zero-order valence-electron chi connectivity index (χ0n) is 13.3. The second-order valence-corrected chi connectivity index (χ2v) is 5.60. The summed E-state index contributed by atoms with van der Waals surface area (Å²) >= 11 is 0. The van der Waals surface area contributed by atoms with Gasteiger partial charge in [-0.15, -0.1) is 0 Å². The number of fused-ring (bicyclic) bond motifs is 1. The van der Waals surface area contributed by atoms with Crippen LogP contribution in [0.2, 0.25) is 0 Å². The van der Waals surface area contributed by atoms with E-state index in [9.17, 15) is 4.79 Å². The molecule has 0 spiro atoms. The summed E-state index contributed by atoms with van der Waals surface area (Å²) < 4.78 is 5.23. The van der Waals surface area contributed by atoms with Crippen molar-refractivity contribution in [2.45, 2.75) is 13.3 Å². The first-order valence-corrected chi connectivity index (χ1v) is 7.66. The van der Waals surface area contributed by atoms with Crippen LogP contribution in [-0.2, 0) is 6.42 Å². The predicted octanol–water partition coefficient (Wildman–Crippen LogP) is 3.46. The van der Waals surface area contributed by atoms with E-state index in [1.807, 2.05) is 55.6 Å². The maximum absolute atomic E-state index is 12.1. The summed E-state index contributed by atoms with van der Waals surface area (Å²) in [4.78, 5) is 15.4. The van der Waals surface area contributed by atoms with Crippen molar-refractivity contribution in [1.82, 2.24) is 10.3 Å². The minimum atomic E-state index is -0.0322. The maximum atomic E-state index is 12.1. The van der Waals surface area contributed by atoms with Crippen LogP contribution in [0.1, 0.15) is 21.5 Å². The molecule has 4 heteroatoms. The van der Waals surface area contributed by atoms with E-state index in [1.54, 1.807) is 7.11 Å². The highest BCUT2D eigenvalue weighted by Gasteiger charge is 2.07. The number of carbonyl (C=O) groups is 1. The van der Waals surface area contributed by atoms with E-state index in [1.165, 1.54) is 5.56 Å². The number of hydrogen-bond donors (Lipinski definition) is 2. The van der Waals surface area contributed by atoms with Crippen LogP contribution in [0.4, 0.5) is 0 Å². The number of ether oxygens (including phenoxy) is 1. The molecule has 1 aromatic heterocycles. The highest BCUT2D eigenvalue weighted by atomic mass is 16.5. The van der Waals surface area contributed by atoms with E-state index in [2.05, 4.69) is 10.3 Å². The second kappa shape index (κ2) is 6.57. The minimum Gasteiger partial charge on any atom is -0.497 e. The highest BCUT2D eigenvalue weighted by molar-refractivity contribution is 5.94. The van der Waals surface area contributed by atoms with Gasteiger partial charge in [0, 0.05) is 35.3 Å². The number of carbonyl (C=O) groups excluding carboxylic acids is 1. The van der Waals surface area contributed by atoms with E-state index < -0.39 is 0 Å². The molecule has 0 aliphatic carbocycles. The Kier molecular flexibility index (Phi) is 4.33. The molecule has 1 amide bonds. The van der Waals surface area contributed by atoms with Gasteiger partial charge < -0.3 is 15.0 Å². The molecule has 0 saturated heterocycles. The van der Waals surface area contributed by atoms with Crippen molar-refractivity contribution in [3.63, 3.8) is 0 Å². The monoisotopic (exact) mass is 308 g/mol. The lowest BCUT2D eigenvalue weighted by atomic mass is 10.1. The van der Waals surface area contributed by atoms with Gasteiger partial charge in [-0.2, -0.15) is 0 Å². The molecule has 3 aromatic rings. The van der Waals surface area contributed by atoms with E-state index >= 15 is 0 Å². The van der Waals surface area contributed by atoms with Gasteiger partial charge in [-0.3, -0.25) is 4.79 Å². The fourth-order valence-electron chi connectivity index (χ4n) is 2.70. The molecular weight excluding hydrogens is 288 g/mol. The SMILES string of the molecule is COc1ccc2c(CCNC(=O)c3cccc(C)c3)c[nH]c2c1. The smallest absolute Gasteiger partial charge is 0.251 e. The van der Waals surface area contributed by atoms with Crippen molar-refractivity contribution in [3.05, 3.63) is 65.4 Å². The van der Waals surface area contributed by atoms with Crippen LogP contribution in [0.5, 0.6) is 5.75 Å². The molecule has 0 bridgehead atoms. The number of aryl methyl sites for hydroxylation is 1. The standard InChI is InChI=1S/C19H20N2O2/c1-13-4-3-5-14(10-13)19(22)20-9-8-15-12-21-18-11-16(23-2)6-7-17(15)18/h3-7,10-12,21H,8-9H2,1-2H3,(H,20,22). The summed E-state index contributed by atoms with van der Waals surface area (Å²) in [5, 5.41) is 4.14. The normalized spacial score (nSPS) is 10.7. The summed E-state index contributed by atoms with van der Waals surface area (Å²) in [6.07, 6.45) is 2.77. The Bertz CT molecular complexity index is 836. The average molecular weight is 308 g/mol. The fourth-order valence-corrected chi connectivity index (χ4v) is 2.70. The van der Waals surface area contributed by atoms with Gasteiger partial charge in [0.25, 0.3) is 5.91 Å². The van der Waals surface area contributed by atoms with Crippen LogP contribution in [0.15, 0.2) is 48.7 Å². The Labute approximate surface area is 135 Å². The minimum absolute atomic E-state index is 0.0322. The van der Waals surface area contributed by atoms with E-state index in [0.717, 1.165) is 28.6 Å². The number of aromatic nitrogens is 1. The number of hydrogen-bond acceptors (Lipinski definition) is 2. The second-order valence-electron chi connectivity index (χ2n) is 5.60. The summed E-state index contributed by atoms with van der Waals surface area (Å²) in [5.74, 6) is 0.800. The molecule has 2 aromatic carbocycles. The van der Waals surface area contributed by atoms with Gasteiger partial charge in [-0.25, -0.2) is 0 Å². The molecule has 3 rings (SSSR count). The number of rotatable bonds is 5. The molecule has 118 valence electrons. The zero-order chi connectivity index (χ0) is 16.2. The molecule has 0 aliphatic heterocycles. The number of nitrogens with one attached hydrogen (secondary N) is 2. The zero-order valence-corrected chi connectivity index (χ0v) is 13.3. The first-order chi connectivity index (χ1) is 11.2. The van der Waals surface area contributed by atoms with E-state index in [0.29, 0.717) is 12.1 Å². The number of aromatic amines is 1. The number of amides is 1. The largest absolute Gasteiger partial charge is 0.497 e. The molecule has 0 aliphatic rings. The van der Waals surface area contributed by atoms with Crippen LogP contribution in [0, 0.1) is 6.92 Å². The van der Waals surface area contributed by atoms with Crippen molar-refractivity contribution in [2.75, 3.05) is 13.7 Å². The molecule has 4 nitrogen and oxygen atoms in total. The highest BCUT2D eigenvalue weighted by Crippen LogP contribution is 2.23. The molecule has 0 saturated carbocycles. The third-order valence-electron chi connectivity index (χ3n) is 3.93. The van der Waals surface area contributed by atoms with Crippen molar-refractivity contribution in [1.29, 1.82) is 0 Å². The number of H-pyrrole nitrogens is 1. The van der Waals surface area contributed by atoms with Gasteiger partial charge in [0.15, 0.2) is 0 Å². The molecule has 0 unspecified atom stereocenters. The lowest BCUT2D eigenvalue weighted by molar-refractivity contribution is 0.0954. The first kappa shape index (κ1) is 15.2. The summed E-state index contributed by atoms with van der Waals surface area (Å²) in [6.45, 7) is 2.59. The van der Waals surface area contributed by atoms with Gasteiger partial charge in [0.1, 0.15) is 5.75 Å². The van der Waals surface area contributed by atoms with Gasteiger partial charge >= 0.3 is 0 Å².